The molecular formula is C10H19NO. The lowest BCUT2D eigenvalue weighted by Gasteiger charge is -2.43. The molecule has 0 aromatic heterocycles. The Kier molecular flexibility index (Phi) is 2.37. The SMILES string of the molecule is CN1CCC[C@@H]2CC[C@H](O)C[C@@H]21. The van der Waals surface area contributed by atoms with E-state index in [9.17, 15) is 5.11 Å². The summed E-state index contributed by atoms with van der Waals surface area (Å²) >= 11 is 0. The van der Waals surface area contributed by atoms with Crippen LogP contribution in [0.3, 0.4) is 0 Å². The standard InChI is InChI=1S/C10H19NO/c1-11-6-2-3-8-4-5-9(12)7-10(8)11/h8-10,12H,2-7H2,1H3/t8-,9+,10+/m1/s1. The smallest absolute Gasteiger partial charge is 0.0555 e. The molecule has 2 fully saturated rings. The van der Waals surface area contributed by atoms with Gasteiger partial charge in [0.05, 0.1) is 6.10 Å². The molecule has 0 amide bonds. The van der Waals surface area contributed by atoms with Gasteiger partial charge in [-0.3, -0.25) is 0 Å². The number of rotatable bonds is 0. The first-order valence-corrected chi connectivity index (χ1v) is 5.15. The van der Waals surface area contributed by atoms with E-state index in [1.165, 1.54) is 25.8 Å². The third-order valence-corrected chi connectivity index (χ3v) is 3.58. The van der Waals surface area contributed by atoms with Gasteiger partial charge in [-0.2, -0.15) is 0 Å². The zero-order valence-electron chi connectivity index (χ0n) is 7.87. The molecule has 3 atom stereocenters. The molecule has 1 saturated carbocycles. The second kappa shape index (κ2) is 3.35. The third-order valence-electron chi connectivity index (χ3n) is 3.58. The maximum absolute atomic E-state index is 9.54. The van der Waals surface area contributed by atoms with Crippen LogP contribution in [0.1, 0.15) is 32.1 Å². The number of piperidine rings is 1. The van der Waals surface area contributed by atoms with E-state index in [0.717, 1.165) is 18.8 Å². The van der Waals surface area contributed by atoms with Crippen LogP contribution in [0.4, 0.5) is 0 Å². The Morgan fingerprint density at radius 3 is 2.92 bits per heavy atom. The van der Waals surface area contributed by atoms with Crippen molar-refractivity contribution >= 4 is 0 Å². The summed E-state index contributed by atoms with van der Waals surface area (Å²) in [6.45, 7) is 1.23. The quantitative estimate of drug-likeness (QED) is 0.590. The molecule has 0 bridgehead atoms. The number of aliphatic hydroxyl groups is 1. The van der Waals surface area contributed by atoms with Crippen LogP contribution in [0.2, 0.25) is 0 Å². The highest BCUT2D eigenvalue weighted by Gasteiger charge is 2.34. The maximum Gasteiger partial charge on any atom is 0.0555 e. The topological polar surface area (TPSA) is 23.5 Å². The highest BCUT2D eigenvalue weighted by atomic mass is 16.3. The number of fused-ring (bicyclic) bond motifs is 1. The van der Waals surface area contributed by atoms with Crippen molar-refractivity contribution in [2.24, 2.45) is 5.92 Å². The molecule has 0 radical (unpaired) electrons. The van der Waals surface area contributed by atoms with E-state index < -0.39 is 0 Å². The molecule has 12 heavy (non-hydrogen) atoms. The third kappa shape index (κ3) is 1.50. The summed E-state index contributed by atoms with van der Waals surface area (Å²) < 4.78 is 0. The van der Waals surface area contributed by atoms with Crippen molar-refractivity contribution in [3.8, 4) is 0 Å². The van der Waals surface area contributed by atoms with E-state index in [1.54, 1.807) is 0 Å². The monoisotopic (exact) mass is 169 g/mol. The molecular weight excluding hydrogens is 150 g/mol. The van der Waals surface area contributed by atoms with Crippen LogP contribution in [0, 0.1) is 5.92 Å². The summed E-state index contributed by atoms with van der Waals surface area (Å²) in [6, 6.07) is 0.683. The Morgan fingerprint density at radius 1 is 1.25 bits per heavy atom. The van der Waals surface area contributed by atoms with Gasteiger partial charge in [-0.1, -0.05) is 0 Å². The first-order chi connectivity index (χ1) is 5.77. The van der Waals surface area contributed by atoms with Crippen LogP contribution >= 0.6 is 0 Å². The van der Waals surface area contributed by atoms with Crippen LogP contribution in [0.15, 0.2) is 0 Å². The second-order valence-corrected chi connectivity index (χ2v) is 4.42. The second-order valence-electron chi connectivity index (χ2n) is 4.42. The summed E-state index contributed by atoms with van der Waals surface area (Å²) in [5, 5.41) is 9.54. The summed E-state index contributed by atoms with van der Waals surface area (Å²) in [7, 11) is 2.20. The fourth-order valence-electron chi connectivity index (χ4n) is 2.83. The summed E-state index contributed by atoms with van der Waals surface area (Å²) in [5.74, 6) is 0.882. The van der Waals surface area contributed by atoms with E-state index >= 15 is 0 Å². The Labute approximate surface area is 74.6 Å². The highest BCUT2D eigenvalue weighted by molar-refractivity contribution is 4.88. The number of nitrogens with zero attached hydrogens (tertiary/aromatic N) is 1. The number of hydrogen-bond donors (Lipinski definition) is 1. The van der Waals surface area contributed by atoms with Gasteiger partial charge in [0, 0.05) is 6.04 Å². The van der Waals surface area contributed by atoms with Gasteiger partial charge in [-0.25, -0.2) is 0 Å². The van der Waals surface area contributed by atoms with Gasteiger partial charge in [0.1, 0.15) is 0 Å². The molecule has 2 aliphatic rings. The Hall–Kier alpha value is -0.0800. The minimum absolute atomic E-state index is 0.0215. The molecule has 0 unspecified atom stereocenters. The first kappa shape index (κ1) is 8.52. The zero-order chi connectivity index (χ0) is 8.55. The van der Waals surface area contributed by atoms with E-state index in [1.807, 2.05) is 0 Å². The predicted molar refractivity (Wildman–Crippen MR) is 49.0 cm³/mol. The molecule has 1 saturated heterocycles. The Morgan fingerprint density at radius 2 is 2.08 bits per heavy atom. The van der Waals surface area contributed by atoms with Gasteiger partial charge in [0.15, 0.2) is 0 Å². The fraction of sp³-hybridized carbons (Fsp3) is 1.00. The lowest BCUT2D eigenvalue weighted by molar-refractivity contribution is 0.0147. The highest BCUT2D eigenvalue weighted by Crippen LogP contribution is 2.34. The summed E-state index contributed by atoms with van der Waals surface area (Å²) in [6.07, 6.45) is 6.02. The molecule has 1 aliphatic carbocycles. The van der Waals surface area contributed by atoms with E-state index in [0.29, 0.717) is 6.04 Å². The molecule has 2 nitrogen and oxygen atoms in total. The predicted octanol–water partition coefficient (Wildman–Crippen LogP) is 1.24. The molecule has 0 aromatic carbocycles. The average Bonchev–Trinajstić information content (AvgIpc) is 2.07. The van der Waals surface area contributed by atoms with Crippen LogP contribution in [0.25, 0.3) is 0 Å². The van der Waals surface area contributed by atoms with Gasteiger partial charge in [0.2, 0.25) is 0 Å². The molecule has 70 valence electrons. The van der Waals surface area contributed by atoms with Crippen LogP contribution < -0.4 is 0 Å². The minimum Gasteiger partial charge on any atom is -0.393 e. The normalized spacial score (nSPS) is 44.0. The fourth-order valence-corrected chi connectivity index (χ4v) is 2.83. The largest absolute Gasteiger partial charge is 0.393 e. The van der Waals surface area contributed by atoms with Crippen molar-refractivity contribution in [1.29, 1.82) is 0 Å². The lowest BCUT2D eigenvalue weighted by atomic mass is 9.77. The van der Waals surface area contributed by atoms with Gasteiger partial charge < -0.3 is 10.0 Å². The maximum atomic E-state index is 9.54. The summed E-state index contributed by atoms with van der Waals surface area (Å²) in [5.41, 5.74) is 0. The molecule has 1 aliphatic heterocycles. The van der Waals surface area contributed by atoms with Crippen LogP contribution in [0.5, 0.6) is 0 Å². The van der Waals surface area contributed by atoms with Gasteiger partial charge in [-0.05, 0) is 51.6 Å². The van der Waals surface area contributed by atoms with E-state index in [-0.39, 0.29) is 6.10 Å². The molecule has 1 heterocycles. The lowest BCUT2D eigenvalue weighted by Crippen LogP contribution is -2.47. The van der Waals surface area contributed by atoms with Gasteiger partial charge in [-0.15, -0.1) is 0 Å². The molecule has 2 rings (SSSR count). The zero-order valence-corrected chi connectivity index (χ0v) is 7.87. The average molecular weight is 169 g/mol. The van der Waals surface area contributed by atoms with Crippen molar-refractivity contribution < 1.29 is 5.11 Å². The summed E-state index contributed by atoms with van der Waals surface area (Å²) in [4.78, 5) is 2.44. The Bertz CT molecular complexity index is 160. The molecule has 0 aromatic rings. The minimum atomic E-state index is -0.0215. The van der Waals surface area contributed by atoms with E-state index in [4.69, 9.17) is 0 Å². The van der Waals surface area contributed by atoms with Crippen LogP contribution in [-0.4, -0.2) is 35.7 Å². The van der Waals surface area contributed by atoms with Crippen molar-refractivity contribution in [2.45, 2.75) is 44.2 Å². The molecule has 2 heteroatoms. The number of hydrogen-bond acceptors (Lipinski definition) is 2. The van der Waals surface area contributed by atoms with Crippen molar-refractivity contribution in [3.63, 3.8) is 0 Å². The van der Waals surface area contributed by atoms with E-state index in [2.05, 4.69) is 11.9 Å². The number of aliphatic hydroxyl groups excluding tert-OH is 1. The molecule has 1 N–H and O–H groups in total. The van der Waals surface area contributed by atoms with Gasteiger partial charge >= 0.3 is 0 Å². The number of likely N-dealkylation sites (tertiary alicyclic amines) is 1. The van der Waals surface area contributed by atoms with Crippen LogP contribution in [-0.2, 0) is 0 Å². The van der Waals surface area contributed by atoms with Crippen molar-refractivity contribution in [3.05, 3.63) is 0 Å². The first-order valence-electron chi connectivity index (χ1n) is 5.15. The van der Waals surface area contributed by atoms with Gasteiger partial charge in [0.25, 0.3) is 0 Å². The van der Waals surface area contributed by atoms with Crippen molar-refractivity contribution in [2.75, 3.05) is 13.6 Å². The Balaban J connectivity index is 2.00. The molecule has 0 spiro atoms. The van der Waals surface area contributed by atoms with Crippen molar-refractivity contribution in [1.82, 2.24) is 4.90 Å².